The second kappa shape index (κ2) is 7.94. The number of benzene rings is 2. The Balaban J connectivity index is 2.12. The average Bonchev–Trinajstić information content (AvgIpc) is 2.59. The molecule has 2 aromatic rings. The number of sulfonamides is 1. The zero-order valence-electron chi connectivity index (χ0n) is 14.0. The summed E-state index contributed by atoms with van der Waals surface area (Å²) >= 11 is 5.63. The van der Waals surface area contributed by atoms with E-state index in [-0.39, 0.29) is 21.4 Å². The summed E-state index contributed by atoms with van der Waals surface area (Å²) in [7, 11) is -2.72. The van der Waals surface area contributed by atoms with Crippen LogP contribution >= 0.6 is 11.6 Å². The van der Waals surface area contributed by atoms with Gasteiger partial charge in [-0.2, -0.15) is 4.31 Å². The Bertz CT molecular complexity index is 946. The van der Waals surface area contributed by atoms with Gasteiger partial charge in [-0.25, -0.2) is 12.8 Å². The van der Waals surface area contributed by atoms with E-state index in [0.717, 1.165) is 4.31 Å². The van der Waals surface area contributed by atoms with Gasteiger partial charge in [0, 0.05) is 12.6 Å². The topological polar surface area (TPSA) is 83.6 Å². The number of ketones is 1. The summed E-state index contributed by atoms with van der Waals surface area (Å²) in [6.45, 7) is 0.845. The minimum absolute atomic E-state index is 0.0632. The zero-order valence-corrected chi connectivity index (χ0v) is 15.6. The van der Waals surface area contributed by atoms with Crippen LogP contribution < -0.4 is 5.32 Å². The van der Waals surface area contributed by atoms with Crippen molar-refractivity contribution in [1.82, 2.24) is 4.31 Å². The van der Waals surface area contributed by atoms with Crippen LogP contribution in [0, 0.1) is 5.82 Å². The number of carbonyl (C=O) groups is 2. The fourth-order valence-corrected chi connectivity index (χ4v) is 3.42. The average molecular weight is 399 g/mol. The van der Waals surface area contributed by atoms with Crippen LogP contribution in [0.4, 0.5) is 10.1 Å². The molecule has 0 bridgehead atoms. The lowest BCUT2D eigenvalue weighted by atomic mass is 10.2. The molecule has 0 atom stereocenters. The van der Waals surface area contributed by atoms with Gasteiger partial charge in [0.2, 0.25) is 15.9 Å². The molecule has 0 aliphatic carbocycles. The summed E-state index contributed by atoms with van der Waals surface area (Å²) in [6.07, 6.45) is 0. The van der Waals surface area contributed by atoms with Crippen LogP contribution in [0.2, 0.25) is 5.02 Å². The van der Waals surface area contributed by atoms with Gasteiger partial charge >= 0.3 is 0 Å². The van der Waals surface area contributed by atoms with E-state index in [1.165, 1.54) is 56.4 Å². The summed E-state index contributed by atoms with van der Waals surface area (Å²) in [5.41, 5.74) is 0.236. The van der Waals surface area contributed by atoms with Gasteiger partial charge in [-0.3, -0.25) is 9.59 Å². The molecule has 2 aromatic carbocycles. The number of Topliss-reactive ketones (excluding diaryl/α,β-unsaturated/α-hetero) is 1. The van der Waals surface area contributed by atoms with Gasteiger partial charge in [0.25, 0.3) is 0 Å². The fourth-order valence-electron chi connectivity index (χ4n) is 2.12. The van der Waals surface area contributed by atoms with E-state index in [9.17, 15) is 22.4 Å². The maximum atomic E-state index is 13.8. The summed E-state index contributed by atoms with van der Waals surface area (Å²) in [6, 6.07) is 9.46. The molecular formula is C17H16ClFN2O4S. The van der Waals surface area contributed by atoms with E-state index in [0.29, 0.717) is 5.56 Å². The summed E-state index contributed by atoms with van der Waals surface area (Å²) < 4.78 is 39.6. The van der Waals surface area contributed by atoms with Crippen LogP contribution in [-0.2, 0) is 14.8 Å². The number of rotatable bonds is 6. The molecule has 0 unspecified atom stereocenters. The highest BCUT2D eigenvalue weighted by atomic mass is 35.5. The molecule has 0 saturated heterocycles. The molecule has 138 valence electrons. The third kappa shape index (κ3) is 4.46. The lowest BCUT2D eigenvalue weighted by molar-refractivity contribution is -0.116. The van der Waals surface area contributed by atoms with Crippen molar-refractivity contribution in [2.75, 3.05) is 18.9 Å². The Morgan fingerprint density at radius 3 is 2.35 bits per heavy atom. The Morgan fingerprint density at radius 2 is 1.77 bits per heavy atom. The maximum Gasteiger partial charge on any atom is 0.243 e. The van der Waals surface area contributed by atoms with E-state index in [2.05, 4.69) is 5.32 Å². The molecule has 0 aromatic heterocycles. The summed E-state index contributed by atoms with van der Waals surface area (Å²) in [5.74, 6) is -1.71. The number of halogens is 2. The number of carbonyl (C=O) groups excluding carboxylic acids is 2. The van der Waals surface area contributed by atoms with Crippen molar-refractivity contribution in [2.45, 2.75) is 11.8 Å². The lowest BCUT2D eigenvalue weighted by Crippen LogP contribution is -2.35. The molecule has 2 rings (SSSR count). The molecule has 9 heteroatoms. The second-order valence-corrected chi connectivity index (χ2v) is 7.94. The number of likely N-dealkylation sites (N-methyl/N-ethyl adjacent to an activating group) is 1. The monoisotopic (exact) mass is 398 g/mol. The highest BCUT2D eigenvalue weighted by molar-refractivity contribution is 7.89. The Labute approximate surface area is 155 Å². The number of hydrogen-bond acceptors (Lipinski definition) is 4. The van der Waals surface area contributed by atoms with Crippen LogP contribution in [0.15, 0.2) is 47.4 Å². The van der Waals surface area contributed by atoms with Crippen molar-refractivity contribution in [3.05, 3.63) is 58.9 Å². The zero-order chi connectivity index (χ0) is 19.5. The third-order valence-electron chi connectivity index (χ3n) is 3.56. The summed E-state index contributed by atoms with van der Waals surface area (Å²) in [4.78, 5) is 23.2. The van der Waals surface area contributed by atoms with E-state index in [1.807, 2.05) is 0 Å². The largest absolute Gasteiger partial charge is 0.322 e. The maximum absolute atomic E-state index is 13.8. The first-order valence-electron chi connectivity index (χ1n) is 7.44. The molecule has 0 radical (unpaired) electrons. The van der Waals surface area contributed by atoms with Gasteiger partial charge in [0.05, 0.1) is 22.2 Å². The number of nitrogens with one attached hydrogen (secondary N) is 1. The van der Waals surface area contributed by atoms with Gasteiger partial charge in [-0.05, 0) is 31.2 Å². The molecule has 1 N–H and O–H groups in total. The van der Waals surface area contributed by atoms with E-state index in [1.54, 1.807) is 0 Å². The molecule has 0 fully saturated rings. The Hall–Kier alpha value is -2.29. The first kappa shape index (κ1) is 20.0. The van der Waals surface area contributed by atoms with Crippen molar-refractivity contribution in [1.29, 1.82) is 0 Å². The molecule has 26 heavy (non-hydrogen) atoms. The predicted molar refractivity (Wildman–Crippen MR) is 96.3 cm³/mol. The van der Waals surface area contributed by atoms with Crippen molar-refractivity contribution < 1.29 is 22.4 Å². The lowest BCUT2D eigenvalue weighted by Gasteiger charge is -2.17. The van der Waals surface area contributed by atoms with Crippen molar-refractivity contribution in [3.63, 3.8) is 0 Å². The van der Waals surface area contributed by atoms with Crippen molar-refractivity contribution >= 4 is 39.0 Å². The number of amides is 1. The van der Waals surface area contributed by atoms with Gasteiger partial charge < -0.3 is 5.32 Å². The molecule has 0 spiro atoms. The molecule has 0 aliphatic rings. The normalized spacial score (nSPS) is 11.4. The molecule has 0 heterocycles. The SMILES string of the molecule is CC(=O)c1ccc(S(=O)(=O)N(C)CC(=O)Nc2cccc(Cl)c2F)cc1. The third-order valence-corrected chi connectivity index (χ3v) is 5.67. The number of nitrogens with zero attached hydrogens (tertiary/aromatic N) is 1. The molecule has 0 aliphatic heterocycles. The van der Waals surface area contributed by atoms with Crippen LogP contribution in [-0.4, -0.2) is 38.0 Å². The van der Waals surface area contributed by atoms with Gasteiger partial charge in [-0.15, -0.1) is 0 Å². The molecule has 1 amide bonds. The number of hydrogen-bond donors (Lipinski definition) is 1. The second-order valence-electron chi connectivity index (χ2n) is 5.49. The van der Waals surface area contributed by atoms with Crippen molar-refractivity contribution in [3.8, 4) is 0 Å². The highest BCUT2D eigenvalue weighted by Gasteiger charge is 2.23. The van der Waals surface area contributed by atoms with Crippen LogP contribution in [0.1, 0.15) is 17.3 Å². The van der Waals surface area contributed by atoms with Gasteiger partial charge in [0.1, 0.15) is 0 Å². The molecule has 0 saturated carbocycles. The van der Waals surface area contributed by atoms with Crippen LogP contribution in [0.25, 0.3) is 0 Å². The smallest absolute Gasteiger partial charge is 0.243 e. The number of anilines is 1. The van der Waals surface area contributed by atoms with E-state index in [4.69, 9.17) is 11.6 Å². The van der Waals surface area contributed by atoms with E-state index < -0.39 is 28.3 Å². The minimum Gasteiger partial charge on any atom is -0.322 e. The first-order chi connectivity index (χ1) is 12.1. The Kier molecular flexibility index (Phi) is 6.12. The van der Waals surface area contributed by atoms with Crippen LogP contribution in [0.3, 0.4) is 0 Å². The molecule has 6 nitrogen and oxygen atoms in total. The Morgan fingerprint density at radius 1 is 1.15 bits per heavy atom. The fraction of sp³-hybridized carbons (Fsp3) is 0.176. The standard InChI is InChI=1S/C17H16ClFN2O4S/c1-11(22)12-6-8-13(9-7-12)26(24,25)21(2)10-16(23)20-15-5-3-4-14(18)17(15)19/h3-9H,10H2,1-2H3,(H,20,23). The highest BCUT2D eigenvalue weighted by Crippen LogP contribution is 2.22. The summed E-state index contributed by atoms with van der Waals surface area (Å²) in [5, 5.41) is 2.12. The van der Waals surface area contributed by atoms with E-state index >= 15 is 0 Å². The quantitative estimate of drug-likeness (QED) is 0.758. The minimum atomic E-state index is -3.95. The van der Waals surface area contributed by atoms with Gasteiger partial charge in [-0.1, -0.05) is 29.8 Å². The van der Waals surface area contributed by atoms with Crippen molar-refractivity contribution in [2.24, 2.45) is 0 Å². The molecular weight excluding hydrogens is 383 g/mol. The first-order valence-corrected chi connectivity index (χ1v) is 9.26. The van der Waals surface area contributed by atoms with Crippen LogP contribution in [0.5, 0.6) is 0 Å². The predicted octanol–water partition coefficient (Wildman–Crippen LogP) is 2.94. The van der Waals surface area contributed by atoms with Gasteiger partial charge in [0.15, 0.2) is 11.6 Å².